The van der Waals surface area contributed by atoms with Gasteiger partial charge in [-0.15, -0.1) is 0 Å². The molecule has 1 amide bonds. The van der Waals surface area contributed by atoms with Crippen LogP contribution >= 0.6 is 15.9 Å². The van der Waals surface area contributed by atoms with Gasteiger partial charge in [0.15, 0.2) is 0 Å². The zero-order valence-electron chi connectivity index (χ0n) is 8.18. The molecule has 0 aromatic heterocycles. The third-order valence-corrected chi connectivity index (χ3v) is 3.16. The molecule has 1 unspecified atom stereocenters. The highest BCUT2D eigenvalue weighted by atomic mass is 79.9. The predicted molar refractivity (Wildman–Crippen MR) is 57.9 cm³/mol. The Morgan fingerprint density at radius 1 is 1.62 bits per heavy atom. The summed E-state index contributed by atoms with van der Waals surface area (Å²) in [5.41, 5.74) is 0. The maximum atomic E-state index is 11.4. The summed E-state index contributed by atoms with van der Waals surface area (Å²) >= 11 is 3.40. The van der Waals surface area contributed by atoms with E-state index in [2.05, 4.69) is 28.2 Å². The second-order valence-electron chi connectivity index (χ2n) is 3.96. The van der Waals surface area contributed by atoms with Gasteiger partial charge in [0.25, 0.3) is 0 Å². The normalized spacial score (nSPS) is 19.2. The first-order valence-electron chi connectivity index (χ1n) is 5.07. The highest BCUT2D eigenvalue weighted by Crippen LogP contribution is 2.26. The Morgan fingerprint density at radius 2 is 2.31 bits per heavy atom. The Kier molecular flexibility index (Phi) is 4.78. The molecule has 1 atom stereocenters. The lowest BCUT2D eigenvalue weighted by atomic mass is 9.85. The van der Waals surface area contributed by atoms with Crippen molar-refractivity contribution in [2.24, 2.45) is 11.8 Å². The number of hydrogen-bond donors (Lipinski definition) is 1. The number of alkyl halides is 1. The SMILES string of the molecule is CC(CCBr)CNC(=O)C1CCC1. The van der Waals surface area contributed by atoms with Gasteiger partial charge in [0, 0.05) is 17.8 Å². The average Bonchev–Trinajstić information content (AvgIpc) is 1.98. The Bertz CT molecular complexity index is 168. The van der Waals surface area contributed by atoms with E-state index in [1.807, 2.05) is 0 Å². The van der Waals surface area contributed by atoms with Gasteiger partial charge in [-0.05, 0) is 25.2 Å². The third kappa shape index (κ3) is 3.67. The van der Waals surface area contributed by atoms with Gasteiger partial charge in [-0.2, -0.15) is 0 Å². The van der Waals surface area contributed by atoms with Crippen LogP contribution in [-0.4, -0.2) is 17.8 Å². The molecule has 0 radical (unpaired) electrons. The number of hydrogen-bond acceptors (Lipinski definition) is 1. The first-order chi connectivity index (χ1) is 6.24. The van der Waals surface area contributed by atoms with Crippen molar-refractivity contribution in [3.63, 3.8) is 0 Å². The Hall–Kier alpha value is -0.0500. The molecule has 1 N–H and O–H groups in total. The number of carbonyl (C=O) groups excluding carboxylic acids is 1. The number of rotatable bonds is 5. The summed E-state index contributed by atoms with van der Waals surface area (Å²) in [6, 6.07) is 0. The number of nitrogens with one attached hydrogen (secondary N) is 1. The third-order valence-electron chi connectivity index (χ3n) is 2.70. The zero-order valence-corrected chi connectivity index (χ0v) is 9.77. The summed E-state index contributed by atoms with van der Waals surface area (Å²) in [6.07, 6.45) is 4.55. The van der Waals surface area contributed by atoms with Gasteiger partial charge in [-0.25, -0.2) is 0 Å². The summed E-state index contributed by atoms with van der Waals surface area (Å²) in [7, 11) is 0. The monoisotopic (exact) mass is 247 g/mol. The Morgan fingerprint density at radius 3 is 2.77 bits per heavy atom. The van der Waals surface area contributed by atoms with Crippen molar-refractivity contribution in [3.8, 4) is 0 Å². The quantitative estimate of drug-likeness (QED) is 0.743. The molecule has 1 aliphatic rings. The minimum absolute atomic E-state index is 0.271. The van der Waals surface area contributed by atoms with E-state index in [0.717, 1.165) is 31.1 Å². The first kappa shape index (κ1) is 11.0. The highest BCUT2D eigenvalue weighted by molar-refractivity contribution is 9.09. The van der Waals surface area contributed by atoms with E-state index in [9.17, 15) is 4.79 Å². The average molecular weight is 248 g/mol. The molecule has 0 aliphatic heterocycles. The van der Waals surface area contributed by atoms with Gasteiger partial charge < -0.3 is 5.32 Å². The molecule has 13 heavy (non-hydrogen) atoms. The molecule has 0 saturated heterocycles. The van der Waals surface area contributed by atoms with E-state index in [1.54, 1.807) is 0 Å². The molecular weight excluding hydrogens is 230 g/mol. The molecule has 76 valence electrons. The lowest BCUT2D eigenvalue weighted by Gasteiger charge is -2.24. The van der Waals surface area contributed by atoms with Crippen LogP contribution < -0.4 is 5.32 Å². The minimum atomic E-state index is 0.271. The Labute approximate surface area is 88.6 Å². The number of halogens is 1. The van der Waals surface area contributed by atoms with Crippen LogP contribution in [0.25, 0.3) is 0 Å². The molecule has 1 saturated carbocycles. The molecule has 0 aromatic rings. The summed E-state index contributed by atoms with van der Waals surface area (Å²) < 4.78 is 0. The van der Waals surface area contributed by atoms with E-state index in [1.165, 1.54) is 6.42 Å². The fourth-order valence-electron chi connectivity index (χ4n) is 1.38. The van der Waals surface area contributed by atoms with Gasteiger partial charge in [-0.1, -0.05) is 29.3 Å². The Balaban J connectivity index is 2.06. The van der Waals surface area contributed by atoms with E-state index >= 15 is 0 Å². The van der Waals surface area contributed by atoms with Crippen molar-refractivity contribution in [1.82, 2.24) is 5.32 Å². The van der Waals surface area contributed by atoms with Crippen LogP contribution in [0.15, 0.2) is 0 Å². The lowest BCUT2D eigenvalue weighted by Crippen LogP contribution is -2.36. The second kappa shape index (κ2) is 5.63. The van der Waals surface area contributed by atoms with Crippen LogP contribution in [0.1, 0.15) is 32.6 Å². The molecule has 1 fully saturated rings. The lowest BCUT2D eigenvalue weighted by molar-refractivity contribution is -0.127. The predicted octanol–water partition coefficient (Wildman–Crippen LogP) is 2.32. The van der Waals surface area contributed by atoms with E-state index < -0.39 is 0 Å². The van der Waals surface area contributed by atoms with Crippen LogP contribution in [0.3, 0.4) is 0 Å². The van der Waals surface area contributed by atoms with Crippen molar-refractivity contribution < 1.29 is 4.79 Å². The molecule has 1 rings (SSSR count). The summed E-state index contributed by atoms with van der Waals surface area (Å²) in [6.45, 7) is 3.00. The zero-order chi connectivity index (χ0) is 9.68. The molecule has 0 aromatic carbocycles. The van der Waals surface area contributed by atoms with Crippen LogP contribution in [0.2, 0.25) is 0 Å². The van der Waals surface area contributed by atoms with Crippen molar-refractivity contribution in [1.29, 1.82) is 0 Å². The topological polar surface area (TPSA) is 29.1 Å². The van der Waals surface area contributed by atoms with E-state index in [-0.39, 0.29) is 5.91 Å². The van der Waals surface area contributed by atoms with Gasteiger partial charge in [-0.3, -0.25) is 4.79 Å². The number of amides is 1. The van der Waals surface area contributed by atoms with Crippen LogP contribution in [0.4, 0.5) is 0 Å². The fraction of sp³-hybridized carbons (Fsp3) is 0.900. The standard InChI is InChI=1S/C10H18BrNO/c1-8(5-6-11)7-12-10(13)9-3-2-4-9/h8-9H,2-7H2,1H3,(H,12,13). The van der Waals surface area contributed by atoms with Crippen molar-refractivity contribution >= 4 is 21.8 Å². The van der Waals surface area contributed by atoms with Crippen molar-refractivity contribution in [3.05, 3.63) is 0 Å². The van der Waals surface area contributed by atoms with Crippen LogP contribution in [0, 0.1) is 11.8 Å². The van der Waals surface area contributed by atoms with Crippen LogP contribution in [0.5, 0.6) is 0 Å². The second-order valence-corrected chi connectivity index (χ2v) is 4.75. The van der Waals surface area contributed by atoms with Gasteiger partial charge in [0.2, 0.25) is 5.91 Å². The van der Waals surface area contributed by atoms with Gasteiger partial charge in [0.1, 0.15) is 0 Å². The largest absolute Gasteiger partial charge is 0.356 e. The molecule has 0 bridgehead atoms. The fourth-order valence-corrected chi connectivity index (χ4v) is 2.16. The molecule has 2 nitrogen and oxygen atoms in total. The van der Waals surface area contributed by atoms with Crippen molar-refractivity contribution in [2.45, 2.75) is 32.6 Å². The van der Waals surface area contributed by atoms with Gasteiger partial charge >= 0.3 is 0 Å². The molecule has 0 heterocycles. The summed E-state index contributed by atoms with van der Waals surface area (Å²) in [4.78, 5) is 11.4. The van der Waals surface area contributed by atoms with E-state index in [0.29, 0.717) is 11.8 Å². The van der Waals surface area contributed by atoms with Crippen LogP contribution in [-0.2, 0) is 4.79 Å². The summed E-state index contributed by atoms with van der Waals surface area (Å²) in [5.74, 6) is 1.19. The van der Waals surface area contributed by atoms with Crippen molar-refractivity contribution in [2.75, 3.05) is 11.9 Å². The van der Waals surface area contributed by atoms with E-state index in [4.69, 9.17) is 0 Å². The molecule has 0 spiro atoms. The van der Waals surface area contributed by atoms with Gasteiger partial charge in [0.05, 0.1) is 0 Å². The molecular formula is C10H18BrNO. The minimum Gasteiger partial charge on any atom is -0.356 e. The first-order valence-corrected chi connectivity index (χ1v) is 6.20. The highest BCUT2D eigenvalue weighted by Gasteiger charge is 2.24. The maximum absolute atomic E-state index is 11.4. The smallest absolute Gasteiger partial charge is 0.223 e. The summed E-state index contributed by atoms with van der Waals surface area (Å²) in [5, 5.41) is 4.03. The molecule has 1 aliphatic carbocycles. The number of carbonyl (C=O) groups is 1. The maximum Gasteiger partial charge on any atom is 0.223 e. The molecule has 3 heteroatoms.